The summed E-state index contributed by atoms with van der Waals surface area (Å²) in [7, 11) is -1.90. The average Bonchev–Trinajstić information content (AvgIpc) is 2.47. The smallest absolute Gasteiger partial charge is 0.261 e. The monoisotopic (exact) mass is 279 g/mol. The molecule has 0 saturated carbocycles. The van der Waals surface area contributed by atoms with Crippen LogP contribution in [-0.4, -0.2) is 32.9 Å². The van der Waals surface area contributed by atoms with E-state index in [2.05, 4.69) is 0 Å². The van der Waals surface area contributed by atoms with Crippen molar-refractivity contribution in [1.29, 1.82) is 5.26 Å². The molecule has 0 spiro atoms. The van der Waals surface area contributed by atoms with Crippen LogP contribution in [0.1, 0.15) is 24.8 Å². The second-order valence-corrected chi connectivity index (χ2v) is 6.55. The maximum absolute atomic E-state index is 12.4. The van der Waals surface area contributed by atoms with Gasteiger partial charge in [0.2, 0.25) is 0 Å². The zero-order chi connectivity index (χ0) is 13.9. The van der Waals surface area contributed by atoms with Crippen LogP contribution in [0.3, 0.4) is 0 Å². The van der Waals surface area contributed by atoms with Gasteiger partial charge in [0.25, 0.3) is 0 Å². The van der Waals surface area contributed by atoms with Crippen LogP contribution < -0.4 is 4.31 Å². The first-order chi connectivity index (χ1) is 9.05. The third kappa shape index (κ3) is 2.88. The van der Waals surface area contributed by atoms with Gasteiger partial charge in [-0.25, -0.2) is 0 Å². The van der Waals surface area contributed by atoms with E-state index in [9.17, 15) is 8.42 Å². The summed E-state index contributed by atoms with van der Waals surface area (Å²) in [5, 5.41) is 8.74. The van der Waals surface area contributed by atoms with Crippen LogP contribution in [0.2, 0.25) is 0 Å². The molecule has 0 amide bonds. The summed E-state index contributed by atoms with van der Waals surface area (Å²) >= 11 is 0. The number of benzene rings is 1. The van der Waals surface area contributed by atoms with Crippen molar-refractivity contribution in [1.82, 2.24) is 4.31 Å². The molecule has 0 bridgehead atoms. The summed E-state index contributed by atoms with van der Waals surface area (Å²) in [5.74, 6) is 0. The molecule has 2 rings (SSSR count). The van der Waals surface area contributed by atoms with Crippen LogP contribution in [0, 0.1) is 11.3 Å². The predicted molar refractivity (Wildman–Crippen MR) is 73.9 cm³/mol. The molecule has 1 aromatic rings. The molecule has 1 fully saturated rings. The number of piperidine rings is 1. The summed E-state index contributed by atoms with van der Waals surface area (Å²) in [5.41, 5.74) is 1.09. The lowest BCUT2D eigenvalue weighted by Crippen LogP contribution is -2.44. The first-order valence-electron chi connectivity index (χ1n) is 6.30. The first-order valence-corrected chi connectivity index (χ1v) is 7.69. The fraction of sp³-hybridized carbons (Fsp3) is 0.462. The number of rotatable bonds is 3. The van der Waals surface area contributed by atoms with Crippen LogP contribution >= 0.6 is 0 Å². The van der Waals surface area contributed by atoms with Crippen molar-refractivity contribution in [3.63, 3.8) is 0 Å². The molecule has 0 radical (unpaired) electrons. The minimum Gasteiger partial charge on any atom is -0.261 e. The predicted octanol–water partition coefficient (Wildman–Crippen LogP) is 1.73. The summed E-state index contributed by atoms with van der Waals surface area (Å²) in [4.78, 5) is 0. The Morgan fingerprint density at radius 1 is 1.16 bits per heavy atom. The van der Waals surface area contributed by atoms with E-state index in [0.717, 1.165) is 19.3 Å². The Morgan fingerprint density at radius 3 is 2.26 bits per heavy atom. The van der Waals surface area contributed by atoms with Gasteiger partial charge >= 0.3 is 10.2 Å². The Kier molecular flexibility index (Phi) is 4.08. The molecule has 1 aliphatic heterocycles. The molecule has 0 aliphatic carbocycles. The molecular weight excluding hydrogens is 262 g/mol. The van der Waals surface area contributed by atoms with Gasteiger partial charge in [0.15, 0.2) is 0 Å². The van der Waals surface area contributed by atoms with Crippen LogP contribution in [0.5, 0.6) is 0 Å². The normalized spacial score (nSPS) is 16.8. The van der Waals surface area contributed by atoms with Crippen LogP contribution in [0.25, 0.3) is 0 Å². The molecule has 1 saturated heterocycles. The van der Waals surface area contributed by atoms with Crippen molar-refractivity contribution in [2.45, 2.75) is 19.3 Å². The lowest BCUT2D eigenvalue weighted by atomic mass is 10.2. The van der Waals surface area contributed by atoms with Crippen LogP contribution in [0.4, 0.5) is 5.69 Å². The van der Waals surface area contributed by atoms with Gasteiger partial charge in [-0.15, -0.1) is 0 Å². The largest absolute Gasteiger partial charge is 0.303 e. The van der Waals surface area contributed by atoms with E-state index in [1.807, 2.05) is 6.07 Å². The lowest BCUT2D eigenvalue weighted by molar-refractivity contribution is 0.346. The molecule has 0 N–H and O–H groups in total. The van der Waals surface area contributed by atoms with Gasteiger partial charge in [-0.1, -0.05) is 6.42 Å². The number of nitriles is 1. The van der Waals surface area contributed by atoms with Crippen molar-refractivity contribution in [3.8, 4) is 6.07 Å². The number of nitrogens with zero attached hydrogens (tertiary/aromatic N) is 3. The van der Waals surface area contributed by atoms with E-state index in [1.165, 1.54) is 8.61 Å². The first kappa shape index (κ1) is 13.8. The molecule has 1 heterocycles. The zero-order valence-corrected chi connectivity index (χ0v) is 11.7. The molecule has 1 aliphatic rings. The SMILES string of the molecule is CN(c1ccc(C#N)cc1)S(=O)(=O)N1CCCCC1. The van der Waals surface area contributed by atoms with Gasteiger partial charge in [-0.2, -0.15) is 18.0 Å². The molecule has 5 nitrogen and oxygen atoms in total. The highest BCUT2D eigenvalue weighted by molar-refractivity contribution is 7.90. The van der Waals surface area contributed by atoms with Gasteiger partial charge < -0.3 is 0 Å². The Bertz CT molecular complexity index is 569. The zero-order valence-electron chi connectivity index (χ0n) is 10.9. The second-order valence-electron chi connectivity index (χ2n) is 4.59. The molecule has 102 valence electrons. The number of hydrogen-bond donors (Lipinski definition) is 0. The maximum atomic E-state index is 12.4. The van der Waals surface area contributed by atoms with E-state index in [1.54, 1.807) is 31.3 Å². The van der Waals surface area contributed by atoms with Crippen molar-refractivity contribution in [3.05, 3.63) is 29.8 Å². The fourth-order valence-electron chi connectivity index (χ4n) is 2.15. The highest BCUT2D eigenvalue weighted by atomic mass is 32.2. The average molecular weight is 279 g/mol. The molecular formula is C13H17N3O2S. The second kappa shape index (κ2) is 5.59. The third-order valence-corrected chi connectivity index (χ3v) is 5.27. The van der Waals surface area contributed by atoms with Gasteiger partial charge in [0.1, 0.15) is 0 Å². The van der Waals surface area contributed by atoms with Crippen LogP contribution in [-0.2, 0) is 10.2 Å². The van der Waals surface area contributed by atoms with Gasteiger partial charge in [0.05, 0.1) is 17.3 Å². The van der Waals surface area contributed by atoms with Crippen molar-refractivity contribution < 1.29 is 8.42 Å². The Labute approximate surface area is 114 Å². The van der Waals surface area contributed by atoms with Crippen LogP contribution in [0.15, 0.2) is 24.3 Å². The fourth-order valence-corrected chi connectivity index (χ4v) is 3.60. The summed E-state index contributed by atoms with van der Waals surface area (Å²) in [6.07, 6.45) is 2.92. The minimum atomic E-state index is -3.45. The van der Waals surface area contributed by atoms with E-state index in [0.29, 0.717) is 24.3 Å². The van der Waals surface area contributed by atoms with Crippen molar-refractivity contribution in [2.75, 3.05) is 24.4 Å². The number of anilines is 1. The standard InChI is InChI=1S/C13H17N3O2S/c1-15(13-7-5-12(11-14)6-8-13)19(17,18)16-9-3-2-4-10-16/h5-8H,2-4,9-10H2,1H3. The molecule has 19 heavy (non-hydrogen) atoms. The van der Waals surface area contributed by atoms with Gasteiger partial charge in [-0.05, 0) is 37.1 Å². The molecule has 0 unspecified atom stereocenters. The van der Waals surface area contributed by atoms with E-state index in [4.69, 9.17) is 5.26 Å². The van der Waals surface area contributed by atoms with Crippen molar-refractivity contribution >= 4 is 15.9 Å². The van der Waals surface area contributed by atoms with E-state index < -0.39 is 10.2 Å². The highest BCUT2D eigenvalue weighted by Gasteiger charge is 2.28. The number of hydrogen-bond acceptors (Lipinski definition) is 3. The maximum Gasteiger partial charge on any atom is 0.303 e. The molecule has 1 aromatic carbocycles. The highest BCUT2D eigenvalue weighted by Crippen LogP contribution is 2.21. The summed E-state index contributed by atoms with van der Waals surface area (Å²) < 4.78 is 27.7. The van der Waals surface area contributed by atoms with E-state index in [-0.39, 0.29) is 0 Å². The van der Waals surface area contributed by atoms with Crippen molar-refractivity contribution in [2.24, 2.45) is 0 Å². The molecule has 6 heteroatoms. The topological polar surface area (TPSA) is 64.4 Å². The Hall–Kier alpha value is -1.58. The Balaban J connectivity index is 2.21. The lowest BCUT2D eigenvalue weighted by Gasteiger charge is -2.31. The Morgan fingerprint density at radius 2 is 1.74 bits per heavy atom. The summed E-state index contributed by atoms with van der Waals surface area (Å²) in [6, 6.07) is 8.57. The molecule has 0 atom stereocenters. The van der Waals surface area contributed by atoms with Gasteiger partial charge in [-0.3, -0.25) is 4.31 Å². The van der Waals surface area contributed by atoms with Gasteiger partial charge in [0, 0.05) is 20.1 Å². The summed E-state index contributed by atoms with van der Waals surface area (Å²) in [6.45, 7) is 1.17. The molecule has 0 aromatic heterocycles. The minimum absolute atomic E-state index is 0.521. The quantitative estimate of drug-likeness (QED) is 0.846. The third-order valence-electron chi connectivity index (χ3n) is 3.35. The van der Waals surface area contributed by atoms with E-state index >= 15 is 0 Å².